The summed E-state index contributed by atoms with van der Waals surface area (Å²) >= 11 is 0. The molecule has 0 heterocycles. The fraction of sp³-hybridized carbons (Fsp3) is 0.182. The number of nitro groups is 2. The largest absolute Gasteiger partial charge is 0.312 e. The van der Waals surface area contributed by atoms with E-state index in [1.807, 2.05) is 0 Å². The van der Waals surface area contributed by atoms with Gasteiger partial charge in [-0.05, 0) is 0 Å². The summed E-state index contributed by atoms with van der Waals surface area (Å²) in [6, 6.07) is 5.76. The van der Waals surface area contributed by atoms with Crippen LogP contribution < -0.4 is 0 Å². The van der Waals surface area contributed by atoms with E-state index < -0.39 is 40.2 Å². The summed E-state index contributed by atoms with van der Waals surface area (Å²) in [6.07, 6.45) is 0. The van der Waals surface area contributed by atoms with Crippen molar-refractivity contribution in [1.82, 2.24) is 4.90 Å². The van der Waals surface area contributed by atoms with Crippen molar-refractivity contribution in [3.8, 4) is 12.1 Å². The van der Waals surface area contributed by atoms with E-state index in [-0.39, 0.29) is 5.56 Å². The van der Waals surface area contributed by atoms with Crippen molar-refractivity contribution in [2.45, 2.75) is 0 Å². The van der Waals surface area contributed by atoms with E-state index in [0.29, 0.717) is 0 Å². The van der Waals surface area contributed by atoms with Gasteiger partial charge in [0.15, 0.2) is 0 Å². The predicted octanol–water partition coefficient (Wildman–Crippen LogP) is 0.992. The van der Waals surface area contributed by atoms with E-state index in [9.17, 15) is 25.0 Å². The minimum absolute atomic E-state index is 0.332. The lowest BCUT2D eigenvalue weighted by Crippen LogP contribution is -2.31. The number of hydrogen-bond acceptors (Lipinski definition) is 7. The van der Waals surface area contributed by atoms with Crippen molar-refractivity contribution >= 4 is 17.3 Å². The van der Waals surface area contributed by atoms with Gasteiger partial charge in [-0.1, -0.05) is 0 Å². The Hall–Kier alpha value is -3.53. The van der Waals surface area contributed by atoms with Crippen molar-refractivity contribution < 1.29 is 14.6 Å². The van der Waals surface area contributed by atoms with Crippen LogP contribution >= 0.6 is 0 Å². The van der Waals surface area contributed by atoms with Gasteiger partial charge < -0.3 is 4.90 Å². The fourth-order valence-electron chi connectivity index (χ4n) is 1.48. The number of nitrogens with zero attached hydrogens (tertiary/aromatic N) is 5. The average Bonchev–Trinajstić information content (AvgIpc) is 2.45. The molecule has 0 aromatic heterocycles. The summed E-state index contributed by atoms with van der Waals surface area (Å²) in [5.41, 5.74) is -1.58. The first-order valence-electron chi connectivity index (χ1n) is 5.37. The van der Waals surface area contributed by atoms with Gasteiger partial charge in [0, 0.05) is 12.1 Å². The normalized spacial score (nSPS) is 9.24. The Bertz CT molecular complexity index is 639. The molecule has 0 bridgehead atoms. The molecule has 0 aliphatic carbocycles. The Morgan fingerprint density at radius 1 is 1.05 bits per heavy atom. The molecule has 0 aliphatic rings. The third-order valence-corrected chi connectivity index (χ3v) is 2.38. The topological polar surface area (TPSA) is 154 Å². The Morgan fingerprint density at radius 3 is 1.81 bits per heavy atom. The number of benzene rings is 1. The van der Waals surface area contributed by atoms with Crippen LogP contribution in [0.2, 0.25) is 0 Å². The van der Waals surface area contributed by atoms with Crippen LogP contribution in [0.1, 0.15) is 10.4 Å². The van der Waals surface area contributed by atoms with Crippen molar-refractivity contribution in [2.24, 2.45) is 0 Å². The number of non-ortho nitro benzene ring substituents is 2. The molecule has 1 aromatic rings. The number of carbonyl (C=O) groups is 1. The number of carbonyl (C=O) groups excluding carboxylic acids is 1. The lowest BCUT2D eigenvalue weighted by molar-refractivity contribution is -0.394. The molecule has 21 heavy (non-hydrogen) atoms. The molecule has 1 rings (SSSR count). The summed E-state index contributed by atoms with van der Waals surface area (Å²) in [7, 11) is 0. The predicted molar refractivity (Wildman–Crippen MR) is 66.9 cm³/mol. The number of nitriles is 2. The minimum atomic E-state index is -0.872. The second-order valence-corrected chi connectivity index (χ2v) is 3.73. The van der Waals surface area contributed by atoms with E-state index in [0.717, 1.165) is 23.1 Å². The highest BCUT2D eigenvalue weighted by molar-refractivity contribution is 5.95. The van der Waals surface area contributed by atoms with Crippen LogP contribution in [0, 0.1) is 42.9 Å². The zero-order chi connectivity index (χ0) is 16.0. The Balaban J connectivity index is 3.31. The Labute approximate surface area is 117 Å². The van der Waals surface area contributed by atoms with Gasteiger partial charge in [0.1, 0.15) is 13.1 Å². The maximum absolute atomic E-state index is 12.1. The zero-order valence-electron chi connectivity index (χ0n) is 10.4. The van der Waals surface area contributed by atoms with Crippen molar-refractivity contribution in [2.75, 3.05) is 13.1 Å². The van der Waals surface area contributed by atoms with Crippen LogP contribution in [0.4, 0.5) is 11.4 Å². The van der Waals surface area contributed by atoms with Gasteiger partial charge in [-0.25, -0.2) is 0 Å². The lowest BCUT2D eigenvalue weighted by atomic mass is 10.1. The number of nitro benzene ring substituents is 2. The first-order chi connectivity index (χ1) is 9.90. The van der Waals surface area contributed by atoms with Crippen LogP contribution in [0.25, 0.3) is 0 Å². The second kappa shape index (κ2) is 6.58. The molecule has 1 aromatic carbocycles. The molecule has 0 saturated heterocycles. The van der Waals surface area contributed by atoms with E-state index in [1.165, 1.54) is 0 Å². The van der Waals surface area contributed by atoms with Gasteiger partial charge in [-0.15, -0.1) is 0 Å². The van der Waals surface area contributed by atoms with E-state index >= 15 is 0 Å². The molecule has 10 heteroatoms. The molecule has 1 amide bonds. The third-order valence-electron chi connectivity index (χ3n) is 2.38. The van der Waals surface area contributed by atoms with Crippen LogP contribution in [0.5, 0.6) is 0 Å². The maximum atomic E-state index is 12.1. The van der Waals surface area contributed by atoms with E-state index in [1.54, 1.807) is 12.1 Å². The van der Waals surface area contributed by atoms with Crippen LogP contribution in [-0.2, 0) is 0 Å². The molecule has 0 unspecified atom stereocenters. The summed E-state index contributed by atoms with van der Waals surface area (Å²) in [5, 5.41) is 38.6. The number of amides is 1. The highest BCUT2D eigenvalue weighted by atomic mass is 16.6. The monoisotopic (exact) mass is 289 g/mol. The lowest BCUT2D eigenvalue weighted by Gasteiger charge is -2.15. The van der Waals surface area contributed by atoms with Crippen LogP contribution in [0.15, 0.2) is 18.2 Å². The molecule has 0 radical (unpaired) electrons. The molecule has 0 saturated carbocycles. The second-order valence-electron chi connectivity index (χ2n) is 3.73. The summed E-state index contributed by atoms with van der Waals surface area (Å²) in [4.78, 5) is 32.6. The molecule has 0 aliphatic heterocycles. The molecule has 106 valence electrons. The SMILES string of the molecule is N#CCN(CC#N)C(=O)c1cc([N+](=O)[O-])cc([N+](=O)[O-])c1. The Kier molecular flexibility index (Phi) is 4.87. The van der Waals surface area contributed by atoms with Gasteiger partial charge in [-0.2, -0.15) is 10.5 Å². The molecule has 0 atom stereocenters. The average molecular weight is 289 g/mol. The maximum Gasteiger partial charge on any atom is 0.277 e. The highest BCUT2D eigenvalue weighted by Crippen LogP contribution is 2.23. The minimum Gasteiger partial charge on any atom is -0.312 e. The van der Waals surface area contributed by atoms with Crippen LogP contribution in [-0.4, -0.2) is 33.7 Å². The zero-order valence-corrected chi connectivity index (χ0v) is 10.4. The number of hydrogen-bond donors (Lipinski definition) is 0. The van der Waals surface area contributed by atoms with E-state index in [4.69, 9.17) is 10.5 Å². The molecule has 0 fully saturated rings. The Morgan fingerprint density at radius 2 is 1.48 bits per heavy atom. The molecular weight excluding hydrogens is 282 g/mol. The standard InChI is InChI=1S/C11H7N5O5/c12-1-3-14(4-2-13)11(17)8-5-9(15(18)19)7-10(6-8)16(20)21/h5-7H,3-4H2. The molecular formula is C11H7N5O5. The van der Waals surface area contributed by atoms with Gasteiger partial charge >= 0.3 is 0 Å². The van der Waals surface area contributed by atoms with Crippen LogP contribution in [0.3, 0.4) is 0 Å². The smallest absolute Gasteiger partial charge is 0.277 e. The number of rotatable bonds is 5. The van der Waals surface area contributed by atoms with Crippen molar-refractivity contribution in [3.05, 3.63) is 44.0 Å². The quantitative estimate of drug-likeness (QED) is 0.444. The van der Waals surface area contributed by atoms with Gasteiger partial charge in [0.25, 0.3) is 17.3 Å². The van der Waals surface area contributed by atoms with Gasteiger partial charge in [0.2, 0.25) is 0 Å². The fourth-order valence-corrected chi connectivity index (χ4v) is 1.48. The van der Waals surface area contributed by atoms with E-state index in [2.05, 4.69) is 0 Å². The van der Waals surface area contributed by atoms with Crippen molar-refractivity contribution in [3.63, 3.8) is 0 Å². The molecule has 10 nitrogen and oxygen atoms in total. The highest BCUT2D eigenvalue weighted by Gasteiger charge is 2.23. The summed E-state index contributed by atoms with van der Waals surface area (Å²) in [6.45, 7) is -0.828. The summed E-state index contributed by atoms with van der Waals surface area (Å²) in [5.74, 6) is -0.870. The molecule has 0 spiro atoms. The van der Waals surface area contributed by atoms with Gasteiger partial charge in [-0.3, -0.25) is 25.0 Å². The van der Waals surface area contributed by atoms with Crippen molar-refractivity contribution in [1.29, 1.82) is 10.5 Å². The third kappa shape index (κ3) is 3.71. The molecule has 0 N–H and O–H groups in total. The first-order valence-corrected chi connectivity index (χ1v) is 5.37. The van der Waals surface area contributed by atoms with Gasteiger partial charge in [0.05, 0.1) is 33.6 Å². The summed E-state index contributed by atoms with van der Waals surface area (Å²) < 4.78 is 0. The first kappa shape index (κ1) is 15.5.